The highest BCUT2D eigenvalue weighted by atomic mass is 16.2. The number of carbonyl (C=O) groups is 4. The maximum atomic E-state index is 14.2. The molecule has 2 aromatic rings. The number of piperidine rings is 1. The zero-order valence-corrected chi connectivity index (χ0v) is 28.0. The number of nitrogens with one attached hydrogen (secondary N) is 1. The van der Waals surface area contributed by atoms with Crippen molar-refractivity contribution in [3.8, 4) is 0 Å². The molecule has 1 saturated heterocycles. The predicted octanol–water partition coefficient (Wildman–Crippen LogP) is 7.67. The van der Waals surface area contributed by atoms with Gasteiger partial charge in [0.25, 0.3) is 0 Å². The lowest BCUT2D eigenvalue weighted by Crippen LogP contribution is -2.44. The maximum absolute atomic E-state index is 14.2. The van der Waals surface area contributed by atoms with Crippen LogP contribution in [0.25, 0.3) is 10.9 Å². The lowest BCUT2D eigenvalue weighted by atomic mass is 9.79. The minimum atomic E-state index is -0.424. The van der Waals surface area contributed by atoms with E-state index in [1.54, 1.807) is 6.92 Å². The minimum Gasteiger partial charge on any atom is -0.385 e. The standard InChI is InChI=1S/C38H53N3O4/c1-5-32(43)31-20-38-17-15-34(44)37(3,4)16-11-7-10-14-27-18-28(39-22-26-12-8-6-9-13-26)19-29-30(25(2)42)23-40(36(27)29)24-35(45)41(31)33(38)21-38/h18-19,23,26,31,33,39H,5-17,20-22,24H2,1-4H3/t31-,33+,38-/m0/s1. The van der Waals surface area contributed by atoms with Gasteiger partial charge in [-0.1, -0.05) is 52.9 Å². The largest absolute Gasteiger partial charge is 0.385 e. The van der Waals surface area contributed by atoms with E-state index in [9.17, 15) is 19.2 Å². The fourth-order valence-corrected chi connectivity index (χ4v) is 8.87. The second-order valence-corrected chi connectivity index (χ2v) is 15.4. The Kier molecular flexibility index (Phi) is 9.02. The van der Waals surface area contributed by atoms with Crippen molar-refractivity contribution in [1.82, 2.24) is 9.47 Å². The molecule has 4 aliphatic rings. The summed E-state index contributed by atoms with van der Waals surface area (Å²) in [5.41, 5.74) is 3.32. The fourth-order valence-electron chi connectivity index (χ4n) is 8.87. The van der Waals surface area contributed by atoms with Crippen LogP contribution in [0.4, 0.5) is 5.69 Å². The summed E-state index contributed by atoms with van der Waals surface area (Å²) in [5.74, 6) is 1.03. The molecule has 0 spiro atoms. The summed E-state index contributed by atoms with van der Waals surface area (Å²) >= 11 is 0. The van der Waals surface area contributed by atoms with Crippen LogP contribution in [0.5, 0.6) is 0 Å². The summed E-state index contributed by atoms with van der Waals surface area (Å²) < 4.78 is 2.00. The third kappa shape index (κ3) is 6.38. The van der Waals surface area contributed by atoms with Crippen LogP contribution in [-0.4, -0.2) is 51.4 Å². The molecule has 3 fully saturated rings. The Hall–Kier alpha value is -2.96. The van der Waals surface area contributed by atoms with Gasteiger partial charge in [-0.2, -0.15) is 0 Å². The van der Waals surface area contributed by atoms with E-state index in [4.69, 9.17) is 0 Å². The van der Waals surface area contributed by atoms with Crippen LogP contribution in [0, 0.1) is 16.7 Å². The van der Waals surface area contributed by atoms with Gasteiger partial charge in [0, 0.05) is 53.7 Å². The molecule has 0 radical (unpaired) electrons. The van der Waals surface area contributed by atoms with Crippen molar-refractivity contribution < 1.29 is 19.2 Å². The Labute approximate surface area is 268 Å². The van der Waals surface area contributed by atoms with Crippen molar-refractivity contribution in [2.75, 3.05) is 11.9 Å². The summed E-state index contributed by atoms with van der Waals surface area (Å²) in [4.78, 5) is 55.7. The van der Waals surface area contributed by atoms with Crippen molar-refractivity contribution in [2.24, 2.45) is 16.7 Å². The van der Waals surface area contributed by atoms with E-state index in [0.717, 1.165) is 73.6 Å². The molecule has 1 aromatic heterocycles. The zero-order chi connectivity index (χ0) is 31.9. The number of benzene rings is 1. The highest BCUT2D eigenvalue weighted by Crippen LogP contribution is 2.62. The maximum Gasteiger partial charge on any atom is 0.243 e. The number of nitrogens with zero attached hydrogens (tertiary/aromatic N) is 2. The van der Waals surface area contributed by atoms with Crippen LogP contribution < -0.4 is 5.32 Å². The molecule has 2 saturated carbocycles. The summed E-state index contributed by atoms with van der Waals surface area (Å²) in [6.45, 7) is 8.70. The van der Waals surface area contributed by atoms with Crippen LogP contribution in [0.15, 0.2) is 18.3 Å². The molecule has 2 bridgehead atoms. The van der Waals surface area contributed by atoms with Crippen LogP contribution in [0.1, 0.15) is 134 Å². The van der Waals surface area contributed by atoms with Gasteiger partial charge in [-0.15, -0.1) is 0 Å². The van der Waals surface area contributed by atoms with Crippen molar-refractivity contribution in [3.05, 3.63) is 29.5 Å². The highest BCUT2D eigenvalue weighted by Gasteiger charge is 2.66. The Morgan fingerprint density at radius 3 is 2.44 bits per heavy atom. The average Bonchev–Trinajstić information content (AvgIpc) is 3.43. The molecule has 2 aliphatic heterocycles. The average molecular weight is 616 g/mol. The SMILES string of the molecule is CCC(=O)[C@@H]1C[C@]23CCC(=O)C(C)(C)CCCCCc4cc(NCC5CCCCC5)cc5c(C(C)=O)cn(c45)CC(=O)N1[C@@H]2C3. The smallest absolute Gasteiger partial charge is 0.243 e. The molecule has 3 heterocycles. The molecule has 1 aromatic carbocycles. The molecule has 244 valence electrons. The first kappa shape index (κ1) is 32.0. The minimum absolute atomic E-state index is 0.00274. The third-order valence-electron chi connectivity index (χ3n) is 11.8. The van der Waals surface area contributed by atoms with Crippen molar-refractivity contribution in [2.45, 2.75) is 143 Å². The summed E-state index contributed by atoms with van der Waals surface area (Å²) in [6, 6.07) is 3.94. The molecule has 3 atom stereocenters. The first-order valence-electron chi connectivity index (χ1n) is 17.8. The fraction of sp³-hybridized carbons (Fsp3) is 0.684. The first-order valence-corrected chi connectivity index (χ1v) is 17.8. The Bertz CT molecular complexity index is 1480. The predicted molar refractivity (Wildman–Crippen MR) is 179 cm³/mol. The Morgan fingerprint density at radius 1 is 0.956 bits per heavy atom. The summed E-state index contributed by atoms with van der Waals surface area (Å²) in [5, 5.41) is 4.63. The molecular weight excluding hydrogens is 562 g/mol. The van der Waals surface area contributed by atoms with Crippen LogP contribution in [0.3, 0.4) is 0 Å². The number of anilines is 1. The van der Waals surface area contributed by atoms with Gasteiger partial charge in [-0.3, -0.25) is 19.2 Å². The summed E-state index contributed by atoms with van der Waals surface area (Å²) in [7, 11) is 0. The number of hydrogen-bond donors (Lipinski definition) is 1. The number of ketones is 3. The van der Waals surface area contributed by atoms with Gasteiger partial charge in [0.15, 0.2) is 11.6 Å². The first-order chi connectivity index (χ1) is 21.5. The number of Topliss-reactive ketones (excluding diaryl/α,β-unsaturated/α-hetero) is 3. The Morgan fingerprint density at radius 2 is 1.71 bits per heavy atom. The number of amides is 1. The normalized spacial score (nSPS) is 27.7. The van der Waals surface area contributed by atoms with E-state index < -0.39 is 6.04 Å². The zero-order valence-electron chi connectivity index (χ0n) is 28.0. The molecule has 2 aliphatic carbocycles. The van der Waals surface area contributed by atoms with Crippen molar-refractivity contribution >= 4 is 39.8 Å². The number of rotatable bonds is 6. The van der Waals surface area contributed by atoms with Crippen LogP contribution in [-0.2, 0) is 27.3 Å². The monoisotopic (exact) mass is 615 g/mol. The number of carbonyl (C=O) groups excluding carboxylic acids is 4. The lowest BCUT2D eigenvalue weighted by Gasteiger charge is -2.27. The van der Waals surface area contributed by atoms with Gasteiger partial charge in [0.1, 0.15) is 12.3 Å². The number of hydrogen-bond acceptors (Lipinski definition) is 5. The van der Waals surface area contributed by atoms with Gasteiger partial charge < -0.3 is 14.8 Å². The second-order valence-electron chi connectivity index (χ2n) is 15.4. The molecule has 1 N–H and O–H groups in total. The quantitative estimate of drug-likeness (QED) is 0.337. The van der Waals surface area contributed by atoms with E-state index in [1.807, 2.05) is 22.6 Å². The Balaban J connectivity index is 1.37. The van der Waals surface area contributed by atoms with Gasteiger partial charge in [-0.25, -0.2) is 0 Å². The van der Waals surface area contributed by atoms with Gasteiger partial charge in [-0.05, 0) is 87.3 Å². The molecule has 1 amide bonds. The number of aryl methyl sites for hydroxylation is 1. The van der Waals surface area contributed by atoms with Gasteiger partial charge in [0.05, 0.1) is 11.6 Å². The molecule has 6 rings (SSSR count). The van der Waals surface area contributed by atoms with Crippen LogP contribution in [0.2, 0.25) is 0 Å². The second kappa shape index (κ2) is 12.7. The van der Waals surface area contributed by atoms with Crippen molar-refractivity contribution in [1.29, 1.82) is 0 Å². The third-order valence-corrected chi connectivity index (χ3v) is 11.8. The molecular formula is C38H53N3O4. The lowest BCUT2D eigenvalue weighted by molar-refractivity contribution is -0.139. The summed E-state index contributed by atoms with van der Waals surface area (Å²) in [6.07, 6.45) is 16.2. The molecule has 7 nitrogen and oxygen atoms in total. The van der Waals surface area contributed by atoms with Crippen molar-refractivity contribution in [3.63, 3.8) is 0 Å². The van der Waals surface area contributed by atoms with Gasteiger partial charge in [0.2, 0.25) is 5.91 Å². The van der Waals surface area contributed by atoms with Gasteiger partial charge >= 0.3 is 0 Å². The van der Waals surface area contributed by atoms with E-state index in [1.165, 1.54) is 32.1 Å². The molecule has 0 unspecified atom stereocenters. The van der Waals surface area contributed by atoms with E-state index >= 15 is 0 Å². The van der Waals surface area contributed by atoms with E-state index in [2.05, 4.69) is 31.3 Å². The molecule has 7 heteroatoms. The van der Waals surface area contributed by atoms with E-state index in [0.29, 0.717) is 36.5 Å². The number of aromatic nitrogens is 1. The highest BCUT2D eigenvalue weighted by molar-refractivity contribution is 6.09. The van der Waals surface area contributed by atoms with E-state index in [-0.39, 0.29) is 40.9 Å². The van der Waals surface area contributed by atoms with Crippen LogP contribution >= 0.6 is 0 Å². The molecule has 45 heavy (non-hydrogen) atoms. The topological polar surface area (TPSA) is 88.5 Å².